The van der Waals surface area contributed by atoms with Crippen LogP contribution in [-0.4, -0.2) is 45.9 Å². The largest absolute Gasteiger partial charge is 0.480 e. The molecule has 0 aliphatic carbocycles. The number of amides is 1. The van der Waals surface area contributed by atoms with Gasteiger partial charge >= 0.3 is 5.97 Å². The number of carbonyl (C=O) groups excluding carboxylic acids is 1. The number of nitro groups is 1. The highest BCUT2D eigenvalue weighted by molar-refractivity contribution is 5.94. The molecule has 0 bridgehead atoms. The number of rotatable bonds is 5. The third-order valence-electron chi connectivity index (χ3n) is 3.37. The standard InChI is InChI=1S/C13H15N3O5/c17-12(8-15-7-3-6-11(15)13(18)19)14-9-4-1-2-5-10(9)16(20)21/h1-2,4-5,11H,3,6-8H2,(H,14,17)(H,18,19). The number of para-hydroxylation sites is 2. The Morgan fingerprint density at radius 3 is 2.81 bits per heavy atom. The van der Waals surface area contributed by atoms with Gasteiger partial charge in [-0.15, -0.1) is 0 Å². The number of carboxylic acid groups (broad SMARTS) is 1. The summed E-state index contributed by atoms with van der Waals surface area (Å²) in [4.78, 5) is 34.8. The second kappa shape index (κ2) is 6.31. The van der Waals surface area contributed by atoms with E-state index >= 15 is 0 Å². The van der Waals surface area contributed by atoms with Crippen molar-refractivity contribution in [3.05, 3.63) is 34.4 Å². The normalized spacial score (nSPS) is 18.4. The van der Waals surface area contributed by atoms with E-state index in [-0.39, 0.29) is 17.9 Å². The molecule has 8 heteroatoms. The highest BCUT2D eigenvalue weighted by Gasteiger charge is 2.31. The van der Waals surface area contributed by atoms with E-state index in [0.717, 1.165) is 6.42 Å². The summed E-state index contributed by atoms with van der Waals surface area (Å²) in [5, 5.41) is 22.4. The van der Waals surface area contributed by atoms with E-state index in [1.165, 1.54) is 18.2 Å². The van der Waals surface area contributed by atoms with Gasteiger partial charge in [0, 0.05) is 6.07 Å². The molecule has 1 saturated heterocycles. The Morgan fingerprint density at radius 1 is 1.43 bits per heavy atom. The van der Waals surface area contributed by atoms with E-state index in [0.29, 0.717) is 13.0 Å². The van der Waals surface area contributed by atoms with Crippen LogP contribution in [0.25, 0.3) is 0 Å². The molecule has 2 N–H and O–H groups in total. The lowest BCUT2D eigenvalue weighted by Gasteiger charge is -2.20. The molecule has 2 rings (SSSR count). The number of aliphatic carboxylic acids is 1. The fourth-order valence-corrected chi connectivity index (χ4v) is 2.41. The highest BCUT2D eigenvalue weighted by atomic mass is 16.6. The van der Waals surface area contributed by atoms with E-state index in [1.54, 1.807) is 11.0 Å². The molecule has 0 radical (unpaired) electrons. The van der Waals surface area contributed by atoms with Crippen molar-refractivity contribution in [2.24, 2.45) is 0 Å². The maximum absolute atomic E-state index is 11.9. The minimum atomic E-state index is -0.953. The minimum Gasteiger partial charge on any atom is -0.480 e. The lowest BCUT2D eigenvalue weighted by Crippen LogP contribution is -2.40. The molecule has 1 atom stereocenters. The quantitative estimate of drug-likeness (QED) is 0.620. The molecule has 1 heterocycles. The van der Waals surface area contributed by atoms with Gasteiger partial charge in [0.15, 0.2) is 0 Å². The Morgan fingerprint density at radius 2 is 2.14 bits per heavy atom. The molecular formula is C13H15N3O5. The first kappa shape index (κ1) is 14.9. The molecule has 1 fully saturated rings. The maximum Gasteiger partial charge on any atom is 0.320 e. The van der Waals surface area contributed by atoms with Gasteiger partial charge < -0.3 is 10.4 Å². The average Bonchev–Trinajstić information content (AvgIpc) is 2.87. The van der Waals surface area contributed by atoms with Crippen LogP contribution in [0.4, 0.5) is 11.4 Å². The monoisotopic (exact) mass is 293 g/mol. The number of hydrogen-bond acceptors (Lipinski definition) is 5. The Labute approximate surface area is 120 Å². The number of carbonyl (C=O) groups is 2. The summed E-state index contributed by atoms with van der Waals surface area (Å²) in [5.41, 5.74) is -0.0828. The minimum absolute atomic E-state index is 0.0942. The molecule has 1 aromatic carbocycles. The zero-order chi connectivity index (χ0) is 15.4. The fraction of sp³-hybridized carbons (Fsp3) is 0.385. The van der Waals surface area contributed by atoms with Crippen molar-refractivity contribution >= 4 is 23.3 Å². The predicted octanol–water partition coefficient (Wildman–Crippen LogP) is 1.08. The van der Waals surface area contributed by atoms with E-state index in [1.807, 2.05) is 0 Å². The Balaban J connectivity index is 2.02. The molecule has 0 saturated carbocycles. The van der Waals surface area contributed by atoms with Crippen LogP contribution in [0.5, 0.6) is 0 Å². The number of nitrogens with one attached hydrogen (secondary N) is 1. The summed E-state index contributed by atoms with van der Waals surface area (Å²) in [5.74, 6) is -1.41. The maximum atomic E-state index is 11.9. The first-order valence-electron chi connectivity index (χ1n) is 6.49. The Kier molecular flexibility index (Phi) is 4.49. The number of anilines is 1. The lowest BCUT2D eigenvalue weighted by molar-refractivity contribution is -0.383. The van der Waals surface area contributed by atoms with Crippen LogP contribution in [0.15, 0.2) is 24.3 Å². The third-order valence-corrected chi connectivity index (χ3v) is 3.37. The number of likely N-dealkylation sites (tertiary alicyclic amines) is 1. The summed E-state index contributed by atoms with van der Waals surface area (Å²) in [6.07, 6.45) is 1.23. The number of nitro benzene ring substituents is 1. The highest BCUT2D eigenvalue weighted by Crippen LogP contribution is 2.23. The molecule has 8 nitrogen and oxygen atoms in total. The molecule has 1 amide bonds. The van der Waals surface area contributed by atoms with Gasteiger partial charge in [0.2, 0.25) is 5.91 Å². The zero-order valence-corrected chi connectivity index (χ0v) is 11.2. The Hall–Kier alpha value is -2.48. The predicted molar refractivity (Wildman–Crippen MR) is 74.0 cm³/mol. The van der Waals surface area contributed by atoms with Crippen LogP contribution in [-0.2, 0) is 9.59 Å². The van der Waals surface area contributed by atoms with Gasteiger partial charge in [0.25, 0.3) is 5.69 Å². The molecule has 1 aliphatic rings. The van der Waals surface area contributed by atoms with Gasteiger partial charge in [-0.3, -0.25) is 24.6 Å². The van der Waals surface area contributed by atoms with Gasteiger partial charge in [-0.2, -0.15) is 0 Å². The van der Waals surface area contributed by atoms with Crippen LogP contribution < -0.4 is 5.32 Å². The Bertz CT molecular complexity index is 575. The molecule has 1 aliphatic heterocycles. The summed E-state index contributed by atoms with van der Waals surface area (Å²) >= 11 is 0. The SMILES string of the molecule is O=C(CN1CCCC1C(=O)O)Nc1ccccc1[N+](=O)[O-]. The van der Waals surface area contributed by atoms with Crippen molar-refractivity contribution in [2.75, 3.05) is 18.4 Å². The molecule has 0 aromatic heterocycles. The number of hydrogen-bond donors (Lipinski definition) is 2. The molecular weight excluding hydrogens is 278 g/mol. The van der Waals surface area contributed by atoms with Crippen molar-refractivity contribution in [1.29, 1.82) is 0 Å². The number of carboxylic acids is 1. The molecule has 1 aromatic rings. The van der Waals surface area contributed by atoms with Crippen LogP contribution in [0.3, 0.4) is 0 Å². The van der Waals surface area contributed by atoms with E-state index in [9.17, 15) is 19.7 Å². The van der Waals surface area contributed by atoms with Crippen LogP contribution in [0.2, 0.25) is 0 Å². The topological polar surface area (TPSA) is 113 Å². The van der Waals surface area contributed by atoms with Crippen molar-refractivity contribution < 1.29 is 19.6 Å². The van der Waals surface area contributed by atoms with Gasteiger partial charge in [-0.1, -0.05) is 12.1 Å². The second-order valence-corrected chi connectivity index (χ2v) is 4.79. The van der Waals surface area contributed by atoms with E-state index in [4.69, 9.17) is 5.11 Å². The average molecular weight is 293 g/mol. The van der Waals surface area contributed by atoms with Crippen molar-refractivity contribution in [3.63, 3.8) is 0 Å². The summed E-state index contributed by atoms with van der Waals surface area (Å²) in [6, 6.07) is 5.16. The first-order valence-corrected chi connectivity index (χ1v) is 6.49. The molecule has 21 heavy (non-hydrogen) atoms. The lowest BCUT2D eigenvalue weighted by atomic mass is 10.2. The number of benzene rings is 1. The number of nitrogens with zero attached hydrogens (tertiary/aromatic N) is 2. The van der Waals surface area contributed by atoms with Gasteiger partial charge in [-0.05, 0) is 25.5 Å². The van der Waals surface area contributed by atoms with Crippen LogP contribution in [0.1, 0.15) is 12.8 Å². The zero-order valence-electron chi connectivity index (χ0n) is 11.2. The van der Waals surface area contributed by atoms with E-state index < -0.39 is 22.8 Å². The van der Waals surface area contributed by atoms with Gasteiger partial charge in [0.05, 0.1) is 11.5 Å². The van der Waals surface area contributed by atoms with Crippen molar-refractivity contribution in [3.8, 4) is 0 Å². The molecule has 0 spiro atoms. The van der Waals surface area contributed by atoms with Crippen molar-refractivity contribution in [1.82, 2.24) is 4.90 Å². The van der Waals surface area contributed by atoms with Gasteiger partial charge in [0.1, 0.15) is 11.7 Å². The molecule has 112 valence electrons. The van der Waals surface area contributed by atoms with Crippen molar-refractivity contribution in [2.45, 2.75) is 18.9 Å². The third kappa shape index (κ3) is 3.54. The van der Waals surface area contributed by atoms with Crippen LogP contribution in [0, 0.1) is 10.1 Å². The van der Waals surface area contributed by atoms with Gasteiger partial charge in [-0.25, -0.2) is 0 Å². The smallest absolute Gasteiger partial charge is 0.320 e. The summed E-state index contributed by atoms with van der Waals surface area (Å²) in [6.45, 7) is 0.435. The fourth-order valence-electron chi connectivity index (χ4n) is 2.41. The first-order chi connectivity index (χ1) is 9.99. The summed E-state index contributed by atoms with van der Waals surface area (Å²) in [7, 11) is 0. The molecule has 1 unspecified atom stereocenters. The van der Waals surface area contributed by atoms with E-state index in [2.05, 4.69) is 5.32 Å². The summed E-state index contributed by atoms with van der Waals surface area (Å²) < 4.78 is 0. The van der Waals surface area contributed by atoms with Crippen LogP contribution >= 0.6 is 0 Å². The second-order valence-electron chi connectivity index (χ2n) is 4.79.